The SMILES string of the molecule is CSCCC(NC(=O)c1cccc([N+](=O)[O-])c1)C(=O)OCc1c(F)cccc1Cl. The van der Waals surface area contributed by atoms with Gasteiger partial charge in [-0.15, -0.1) is 0 Å². The van der Waals surface area contributed by atoms with Crippen LogP contribution in [0.4, 0.5) is 10.1 Å². The summed E-state index contributed by atoms with van der Waals surface area (Å²) in [6.45, 7) is -0.382. The molecule has 0 saturated heterocycles. The highest BCUT2D eigenvalue weighted by Crippen LogP contribution is 2.20. The number of non-ortho nitro benzene ring substituents is 1. The van der Waals surface area contributed by atoms with Crippen LogP contribution >= 0.6 is 23.4 Å². The molecule has 0 fully saturated rings. The van der Waals surface area contributed by atoms with Gasteiger partial charge in [0.25, 0.3) is 11.6 Å². The zero-order valence-corrected chi connectivity index (χ0v) is 17.0. The van der Waals surface area contributed by atoms with Crippen LogP contribution < -0.4 is 5.32 Å². The highest BCUT2D eigenvalue weighted by molar-refractivity contribution is 7.98. The van der Waals surface area contributed by atoms with Crippen molar-refractivity contribution in [2.45, 2.75) is 19.1 Å². The Hall–Kier alpha value is -2.65. The Balaban J connectivity index is 2.09. The Morgan fingerprint density at radius 3 is 2.69 bits per heavy atom. The molecule has 1 unspecified atom stereocenters. The molecule has 0 aliphatic heterocycles. The number of ether oxygens (including phenoxy) is 1. The molecule has 2 rings (SSSR count). The Morgan fingerprint density at radius 1 is 1.31 bits per heavy atom. The van der Waals surface area contributed by atoms with Crippen LogP contribution in [0, 0.1) is 15.9 Å². The van der Waals surface area contributed by atoms with Crippen LogP contribution in [0.3, 0.4) is 0 Å². The normalized spacial score (nSPS) is 11.6. The molecule has 0 aliphatic rings. The van der Waals surface area contributed by atoms with Crippen molar-refractivity contribution < 1.29 is 23.6 Å². The fourth-order valence-corrected chi connectivity index (χ4v) is 3.09. The number of benzene rings is 2. The monoisotopic (exact) mass is 440 g/mol. The first kappa shape index (κ1) is 22.6. The summed E-state index contributed by atoms with van der Waals surface area (Å²) in [5.74, 6) is -1.46. The van der Waals surface area contributed by atoms with Gasteiger partial charge in [0.1, 0.15) is 18.5 Å². The molecule has 10 heteroatoms. The number of nitro benzene ring substituents is 1. The molecule has 1 amide bonds. The Kier molecular flexibility index (Phi) is 8.41. The molecule has 154 valence electrons. The summed E-state index contributed by atoms with van der Waals surface area (Å²) >= 11 is 7.39. The fraction of sp³-hybridized carbons (Fsp3) is 0.263. The number of thioether (sulfide) groups is 1. The molecule has 0 bridgehead atoms. The quantitative estimate of drug-likeness (QED) is 0.359. The van der Waals surface area contributed by atoms with Crippen molar-refractivity contribution in [3.63, 3.8) is 0 Å². The van der Waals surface area contributed by atoms with Crippen LogP contribution in [0.25, 0.3) is 0 Å². The lowest BCUT2D eigenvalue weighted by Crippen LogP contribution is -2.42. The topological polar surface area (TPSA) is 98.5 Å². The summed E-state index contributed by atoms with van der Waals surface area (Å²) in [5, 5.41) is 13.5. The molecule has 0 radical (unpaired) electrons. The van der Waals surface area contributed by atoms with Crippen LogP contribution in [0.1, 0.15) is 22.3 Å². The van der Waals surface area contributed by atoms with Crippen molar-refractivity contribution in [1.29, 1.82) is 0 Å². The molecular weight excluding hydrogens is 423 g/mol. The van der Waals surface area contributed by atoms with E-state index < -0.39 is 28.7 Å². The van der Waals surface area contributed by atoms with Gasteiger partial charge in [-0.3, -0.25) is 14.9 Å². The van der Waals surface area contributed by atoms with E-state index in [2.05, 4.69) is 5.32 Å². The number of amides is 1. The zero-order chi connectivity index (χ0) is 21.4. The van der Waals surface area contributed by atoms with Crippen LogP contribution in [-0.4, -0.2) is 34.9 Å². The van der Waals surface area contributed by atoms with Crippen molar-refractivity contribution in [3.8, 4) is 0 Å². The third-order valence-corrected chi connectivity index (χ3v) is 4.94. The Morgan fingerprint density at radius 2 is 2.03 bits per heavy atom. The van der Waals surface area contributed by atoms with E-state index in [0.717, 1.165) is 6.07 Å². The predicted octanol–water partition coefficient (Wildman–Crippen LogP) is 3.98. The Bertz CT molecular complexity index is 892. The lowest BCUT2D eigenvalue weighted by molar-refractivity contribution is -0.384. The van der Waals surface area contributed by atoms with Crippen molar-refractivity contribution >= 4 is 40.9 Å². The number of nitrogens with zero attached hydrogens (tertiary/aromatic N) is 1. The summed E-state index contributed by atoms with van der Waals surface area (Å²) in [6.07, 6.45) is 2.11. The van der Waals surface area contributed by atoms with Gasteiger partial charge in [0, 0.05) is 23.3 Å². The van der Waals surface area contributed by atoms with E-state index in [9.17, 15) is 24.1 Å². The van der Waals surface area contributed by atoms with Gasteiger partial charge in [0.15, 0.2) is 0 Å². The molecule has 0 spiro atoms. The second-order valence-corrected chi connectivity index (χ2v) is 7.32. The van der Waals surface area contributed by atoms with Gasteiger partial charge in [-0.2, -0.15) is 11.8 Å². The highest BCUT2D eigenvalue weighted by Gasteiger charge is 2.24. The van der Waals surface area contributed by atoms with Crippen LogP contribution in [0.2, 0.25) is 5.02 Å². The first-order chi connectivity index (χ1) is 13.8. The number of esters is 1. The van der Waals surface area contributed by atoms with E-state index in [1.165, 1.54) is 48.2 Å². The molecule has 0 heterocycles. The maximum absolute atomic E-state index is 13.8. The van der Waals surface area contributed by atoms with Crippen LogP contribution in [-0.2, 0) is 16.1 Å². The predicted molar refractivity (Wildman–Crippen MR) is 109 cm³/mol. The van der Waals surface area contributed by atoms with E-state index in [1.54, 1.807) is 0 Å². The first-order valence-corrected chi connectivity index (χ1v) is 10.2. The first-order valence-electron chi connectivity index (χ1n) is 8.47. The summed E-state index contributed by atoms with van der Waals surface area (Å²) in [5.41, 5.74) is -0.162. The zero-order valence-electron chi connectivity index (χ0n) is 15.4. The van der Waals surface area contributed by atoms with E-state index in [4.69, 9.17) is 16.3 Å². The standard InChI is InChI=1S/C19H18ClFN2O5S/c1-29-9-8-17(19(25)28-11-14-15(20)6-3-7-16(14)21)22-18(24)12-4-2-5-13(10-12)23(26)27/h2-7,10,17H,8-9,11H2,1H3,(H,22,24). The molecule has 2 aromatic carbocycles. The number of carbonyl (C=O) groups is 2. The fourth-order valence-electron chi connectivity index (χ4n) is 2.40. The second-order valence-electron chi connectivity index (χ2n) is 5.92. The van der Waals surface area contributed by atoms with Gasteiger partial charge in [-0.25, -0.2) is 9.18 Å². The maximum atomic E-state index is 13.8. The average Bonchev–Trinajstić information content (AvgIpc) is 2.70. The molecule has 7 nitrogen and oxygen atoms in total. The third kappa shape index (κ3) is 6.43. The van der Waals surface area contributed by atoms with E-state index in [-0.39, 0.29) is 34.9 Å². The molecule has 0 aliphatic carbocycles. The number of nitrogens with one attached hydrogen (secondary N) is 1. The second kappa shape index (κ2) is 10.8. The number of hydrogen-bond acceptors (Lipinski definition) is 6. The number of hydrogen-bond donors (Lipinski definition) is 1. The minimum atomic E-state index is -1.00. The number of halogens is 2. The summed E-state index contributed by atoms with van der Waals surface area (Å²) < 4.78 is 19.0. The van der Waals surface area contributed by atoms with Crippen LogP contribution in [0.5, 0.6) is 0 Å². The minimum Gasteiger partial charge on any atom is -0.459 e. The van der Waals surface area contributed by atoms with Gasteiger partial charge in [-0.1, -0.05) is 23.7 Å². The van der Waals surface area contributed by atoms with Crippen molar-refractivity contribution in [3.05, 3.63) is 74.5 Å². The average molecular weight is 441 g/mol. The molecule has 2 aromatic rings. The third-order valence-electron chi connectivity index (χ3n) is 3.94. The van der Waals surface area contributed by atoms with E-state index >= 15 is 0 Å². The number of nitro groups is 1. The van der Waals surface area contributed by atoms with E-state index in [0.29, 0.717) is 5.75 Å². The van der Waals surface area contributed by atoms with Crippen molar-refractivity contribution in [1.82, 2.24) is 5.32 Å². The minimum absolute atomic E-state index is 0.0381. The summed E-state index contributed by atoms with van der Waals surface area (Å²) in [4.78, 5) is 35.2. The molecule has 0 aromatic heterocycles. The highest BCUT2D eigenvalue weighted by atomic mass is 35.5. The number of carbonyl (C=O) groups excluding carboxylic acids is 2. The van der Waals surface area contributed by atoms with Gasteiger partial charge >= 0.3 is 5.97 Å². The maximum Gasteiger partial charge on any atom is 0.329 e. The molecule has 0 saturated carbocycles. The lowest BCUT2D eigenvalue weighted by Gasteiger charge is -2.18. The van der Waals surface area contributed by atoms with Crippen molar-refractivity contribution in [2.75, 3.05) is 12.0 Å². The van der Waals surface area contributed by atoms with E-state index in [1.807, 2.05) is 6.26 Å². The summed E-state index contributed by atoms with van der Waals surface area (Å²) in [6, 6.07) is 8.26. The lowest BCUT2D eigenvalue weighted by atomic mass is 10.1. The molecule has 1 atom stereocenters. The molecule has 1 N–H and O–H groups in total. The molecule has 29 heavy (non-hydrogen) atoms. The van der Waals surface area contributed by atoms with Gasteiger partial charge < -0.3 is 10.1 Å². The van der Waals surface area contributed by atoms with Gasteiger partial charge in [0.05, 0.1) is 9.95 Å². The van der Waals surface area contributed by atoms with Crippen molar-refractivity contribution in [2.24, 2.45) is 0 Å². The molecular formula is C19H18ClFN2O5S. The largest absolute Gasteiger partial charge is 0.459 e. The smallest absolute Gasteiger partial charge is 0.329 e. The van der Waals surface area contributed by atoms with Crippen LogP contribution in [0.15, 0.2) is 42.5 Å². The Labute approximate surface area is 175 Å². The number of rotatable bonds is 9. The van der Waals surface area contributed by atoms with Gasteiger partial charge in [0.2, 0.25) is 0 Å². The summed E-state index contributed by atoms with van der Waals surface area (Å²) in [7, 11) is 0. The van der Waals surface area contributed by atoms with Gasteiger partial charge in [-0.05, 0) is 36.6 Å².